The highest BCUT2D eigenvalue weighted by molar-refractivity contribution is 5.81. The first kappa shape index (κ1) is 43.5. The number of hydrogen-bond acceptors (Lipinski definition) is 6. The van der Waals surface area contributed by atoms with E-state index in [0.717, 1.165) is 89.0 Å². The molecule has 0 N–H and O–H groups in total. The summed E-state index contributed by atoms with van der Waals surface area (Å²) in [7, 11) is 0. The van der Waals surface area contributed by atoms with E-state index in [4.69, 9.17) is 29.9 Å². The van der Waals surface area contributed by atoms with Crippen LogP contribution >= 0.6 is 0 Å². The van der Waals surface area contributed by atoms with Crippen molar-refractivity contribution >= 4 is 0 Å². The highest BCUT2D eigenvalue weighted by Gasteiger charge is 2.16. The van der Waals surface area contributed by atoms with Crippen LogP contribution in [0.15, 0.2) is 267 Å². The lowest BCUT2D eigenvalue weighted by atomic mass is 9.94. The number of rotatable bonds is 11. The van der Waals surface area contributed by atoms with Gasteiger partial charge >= 0.3 is 0 Å². The maximum absolute atomic E-state index is 5.08. The molecule has 2 aromatic heterocycles. The zero-order valence-electron chi connectivity index (χ0n) is 39.1. The van der Waals surface area contributed by atoms with Crippen molar-refractivity contribution in [2.24, 2.45) is 0 Å². The summed E-state index contributed by atoms with van der Waals surface area (Å²) in [4.78, 5) is 30.0. The van der Waals surface area contributed by atoms with Gasteiger partial charge in [-0.15, -0.1) is 0 Å². The SMILES string of the molecule is c1ccc(-c2ccc(-c3nc(-c4ccccc4)nc(-c4cccc(-c5cccc(-c6cccc(-c7cccc(-c8cccc(-c9nc(-c%10ccccc%10)nc(-c%10ccccc%10)n9)c8)c7)c6)c5)c4)n3)cc2)cc1. The predicted molar refractivity (Wildman–Crippen MR) is 293 cm³/mol. The third kappa shape index (κ3) is 9.36. The van der Waals surface area contributed by atoms with E-state index in [9.17, 15) is 0 Å². The third-order valence-corrected chi connectivity index (χ3v) is 12.8. The molecule has 2 heterocycles. The van der Waals surface area contributed by atoms with Gasteiger partial charge in [0.2, 0.25) is 0 Å². The first-order valence-electron chi connectivity index (χ1n) is 24.0. The van der Waals surface area contributed by atoms with Gasteiger partial charge in [0.25, 0.3) is 0 Å². The largest absolute Gasteiger partial charge is 0.208 e. The van der Waals surface area contributed by atoms with E-state index in [1.807, 2.05) is 97.1 Å². The maximum Gasteiger partial charge on any atom is 0.164 e. The molecule has 0 spiro atoms. The highest BCUT2D eigenvalue weighted by Crippen LogP contribution is 2.35. The lowest BCUT2D eigenvalue weighted by Crippen LogP contribution is -2.00. The second kappa shape index (κ2) is 19.7. The fourth-order valence-electron chi connectivity index (χ4n) is 9.04. The molecular weight excluding hydrogens is 877 g/mol. The average Bonchev–Trinajstić information content (AvgIpc) is 3.48. The molecule has 6 nitrogen and oxygen atoms in total. The third-order valence-electron chi connectivity index (χ3n) is 12.8. The Bertz CT molecular complexity index is 3780. The van der Waals surface area contributed by atoms with Crippen LogP contribution in [0.1, 0.15) is 0 Å². The standard InChI is InChI=1S/C66H44N6/c1-5-18-45(19-6-1)46-36-38-50(39-37-46)64-68-63(49-24-11-4-12-25-49)71-66(72-64)60-35-17-33-58(44-60)56-31-15-29-54(42-56)52-27-13-26-51(40-52)53-28-14-30-55(41-53)57-32-16-34-59(43-57)65-69-61(47-20-7-2-8-21-47)67-62(70-65)48-22-9-3-10-23-48/h1-44H. The van der Waals surface area contributed by atoms with Crippen LogP contribution in [-0.2, 0) is 0 Å². The van der Waals surface area contributed by atoms with Crippen LogP contribution in [0.5, 0.6) is 0 Å². The molecule has 0 aliphatic rings. The van der Waals surface area contributed by atoms with E-state index in [2.05, 4.69) is 170 Å². The Morgan fingerprint density at radius 1 is 0.125 bits per heavy atom. The van der Waals surface area contributed by atoms with Crippen molar-refractivity contribution in [3.05, 3.63) is 267 Å². The normalized spacial score (nSPS) is 11.1. The number of nitrogens with zero attached hydrogens (tertiary/aromatic N) is 6. The zero-order chi connectivity index (χ0) is 48.1. The molecule has 0 fully saturated rings. The minimum Gasteiger partial charge on any atom is -0.208 e. The topological polar surface area (TPSA) is 77.3 Å². The van der Waals surface area contributed by atoms with Crippen LogP contribution in [-0.4, -0.2) is 29.9 Å². The summed E-state index contributed by atoms with van der Waals surface area (Å²) in [6.07, 6.45) is 0. The molecule has 0 radical (unpaired) electrons. The van der Waals surface area contributed by atoms with Crippen molar-refractivity contribution in [1.82, 2.24) is 29.9 Å². The molecule has 12 aromatic rings. The van der Waals surface area contributed by atoms with E-state index in [1.165, 1.54) is 0 Å². The summed E-state index contributed by atoms with van der Waals surface area (Å²) in [5.41, 5.74) is 16.7. The molecule has 0 aliphatic heterocycles. The number of aromatic nitrogens is 6. The highest BCUT2D eigenvalue weighted by atomic mass is 15.0. The van der Waals surface area contributed by atoms with Crippen molar-refractivity contribution < 1.29 is 0 Å². The summed E-state index contributed by atoms with van der Waals surface area (Å²) in [5, 5.41) is 0. The Labute approximate surface area is 418 Å². The van der Waals surface area contributed by atoms with Gasteiger partial charge in [-0.2, -0.15) is 0 Å². The predicted octanol–water partition coefficient (Wildman–Crippen LogP) is 16.4. The fourth-order valence-corrected chi connectivity index (χ4v) is 9.04. The molecule has 0 unspecified atom stereocenters. The van der Waals surface area contributed by atoms with Crippen LogP contribution in [0.2, 0.25) is 0 Å². The van der Waals surface area contributed by atoms with Crippen LogP contribution in [0, 0.1) is 0 Å². The first-order valence-corrected chi connectivity index (χ1v) is 24.0. The van der Waals surface area contributed by atoms with Crippen LogP contribution in [0.4, 0.5) is 0 Å². The van der Waals surface area contributed by atoms with Gasteiger partial charge in [-0.3, -0.25) is 0 Å². The van der Waals surface area contributed by atoms with E-state index in [0.29, 0.717) is 34.9 Å². The molecule has 338 valence electrons. The van der Waals surface area contributed by atoms with Crippen molar-refractivity contribution in [2.75, 3.05) is 0 Å². The Balaban J connectivity index is 0.834. The van der Waals surface area contributed by atoms with Crippen LogP contribution in [0.25, 0.3) is 124 Å². The smallest absolute Gasteiger partial charge is 0.164 e. The summed E-state index contributed by atoms with van der Waals surface area (Å²) < 4.78 is 0. The molecule has 6 heteroatoms. The van der Waals surface area contributed by atoms with Gasteiger partial charge in [0, 0.05) is 33.4 Å². The minimum absolute atomic E-state index is 0.616. The van der Waals surface area contributed by atoms with Gasteiger partial charge in [0.1, 0.15) is 0 Å². The zero-order valence-corrected chi connectivity index (χ0v) is 39.1. The fraction of sp³-hybridized carbons (Fsp3) is 0. The summed E-state index contributed by atoms with van der Waals surface area (Å²) >= 11 is 0. The maximum atomic E-state index is 5.08. The molecular formula is C66H44N6. The lowest BCUT2D eigenvalue weighted by Gasteiger charge is -2.12. The summed E-state index contributed by atoms with van der Waals surface area (Å²) in [5.74, 6) is 3.77. The Kier molecular flexibility index (Phi) is 11.9. The molecule has 0 bridgehead atoms. The van der Waals surface area contributed by atoms with Crippen molar-refractivity contribution in [2.45, 2.75) is 0 Å². The molecule has 0 atom stereocenters. The van der Waals surface area contributed by atoms with Gasteiger partial charge in [0.15, 0.2) is 34.9 Å². The number of benzene rings is 10. The molecule has 12 rings (SSSR count). The van der Waals surface area contributed by atoms with Gasteiger partial charge in [-0.25, -0.2) is 29.9 Å². The molecule has 0 saturated heterocycles. The lowest BCUT2D eigenvalue weighted by molar-refractivity contribution is 1.07. The molecule has 0 saturated carbocycles. The van der Waals surface area contributed by atoms with Gasteiger partial charge in [0.05, 0.1) is 0 Å². The second-order valence-electron chi connectivity index (χ2n) is 17.6. The van der Waals surface area contributed by atoms with Crippen molar-refractivity contribution in [3.8, 4) is 124 Å². The summed E-state index contributed by atoms with van der Waals surface area (Å²) in [6.45, 7) is 0. The quantitative estimate of drug-likeness (QED) is 0.129. The first-order chi connectivity index (χ1) is 35.6. The van der Waals surface area contributed by atoms with Gasteiger partial charge in [-0.1, -0.05) is 237 Å². The van der Waals surface area contributed by atoms with Crippen molar-refractivity contribution in [3.63, 3.8) is 0 Å². The molecule has 0 aliphatic carbocycles. The van der Waals surface area contributed by atoms with Gasteiger partial charge < -0.3 is 0 Å². The molecule has 0 amide bonds. The van der Waals surface area contributed by atoms with Crippen LogP contribution in [0.3, 0.4) is 0 Å². The van der Waals surface area contributed by atoms with E-state index < -0.39 is 0 Å². The monoisotopic (exact) mass is 920 g/mol. The second-order valence-corrected chi connectivity index (χ2v) is 17.6. The summed E-state index contributed by atoms with van der Waals surface area (Å²) in [6, 6.07) is 92.2. The molecule has 10 aromatic carbocycles. The van der Waals surface area contributed by atoms with Crippen LogP contribution < -0.4 is 0 Å². The molecule has 72 heavy (non-hydrogen) atoms. The Morgan fingerprint density at radius 2 is 0.292 bits per heavy atom. The van der Waals surface area contributed by atoms with Gasteiger partial charge in [-0.05, 0) is 86.0 Å². The van der Waals surface area contributed by atoms with E-state index in [-0.39, 0.29) is 0 Å². The number of hydrogen-bond donors (Lipinski definition) is 0. The Morgan fingerprint density at radius 3 is 0.569 bits per heavy atom. The average molecular weight is 921 g/mol. The van der Waals surface area contributed by atoms with E-state index in [1.54, 1.807) is 0 Å². The Hall–Kier alpha value is -9.78. The van der Waals surface area contributed by atoms with Crippen molar-refractivity contribution in [1.29, 1.82) is 0 Å². The minimum atomic E-state index is 0.616. The van der Waals surface area contributed by atoms with E-state index >= 15 is 0 Å².